The van der Waals surface area contributed by atoms with E-state index in [1.165, 1.54) is 0 Å². The Kier molecular flexibility index (Phi) is 4.15. The van der Waals surface area contributed by atoms with E-state index in [-0.39, 0.29) is 11.6 Å². The van der Waals surface area contributed by atoms with Crippen LogP contribution in [0.1, 0.15) is 46.5 Å². The van der Waals surface area contributed by atoms with E-state index < -0.39 is 5.60 Å². The van der Waals surface area contributed by atoms with Gasteiger partial charge in [-0.15, -0.1) is 0 Å². The normalized spacial score (nSPS) is 33.0. The van der Waals surface area contributed by atoms with Gasteiger partial charge in [0.1, 0.15) is 5.60 Å². The molecule has 90 valence electrons. The van der Waals surface area contributed by atoms with Gasteiger partial charge in [-0.05, 0) is 33.6 Å². The lowest BCUT2D eigenvalue weighted by atomic mass is 9.81. The second-order valence-corrected chi connectivity index (χ2v) is 5.68. The summed E-state index contributed by atoms with van der Waals surface area (Å²) in [6, 6.07) is 0. The fraction of sp³-hybridized carbons (Fsp3) is 1.00. The fourth-order valence-corrected chi connectivity index (χ4v) is 2.15. The predicted molar refractivity (Wildman–Crippen MR) is 62.0 cm³/mol. The first-order valence-electron chi connectivity index (χ1n) is 5.88. The van der Waals surface area contributed by atoms with Crippen molar-refractivity contribution in [2.45, 2.75) is 63.7 Å². The van der Waals surface area contributed by atoms with Crippen molar-refractivity contribution in [2.75, 3.05) is 13.7 Å². The monoisotopic (exact) mass is 215 g/mol. The molecule has 0 aliphatic heterocycles. The second kappa shape index (κ2) is 4.81. The van der Waals surface area contributed by atoms with Crippen molar-refractivity contribution < 1.29 is 9.84 Å². The van der Waals surface area contributed by atoms with E-state index >= 15 is 0 Å². The maximum Gasteiger partial charge on any atom is 0.103 e. The molecule has 1 aliphatic rings. The topological polar surface area (TPSA) is 41.5 Å². The Balaban J connectivity index is 2.54. The number of hydrogen-bond donors (Lipinski definition) is 2. The summed E-state index contributed by atoms with van der Waals surface area (Å²) in [5.41, 5.74) is -0.633. The number of rotatable bonds is 3. The van der Waals surface area contributed by atoms with E-state index in [0.717, 1.165) is 25.7 Å². The lowest BCUT2D eigenvalue weighted by Gasteiger charge is -2.40. The first-order valence-corrected chi connectivity index (χ1v) is 5.88. The van der Waals surface area contributed by atoms with Gasteiger partial charge in [0.25, 0.3) is 0 Å². The molecule has 2 atom stereocenters. The Morgan fingerprint density at radius 1 is 1.40 bits per heavy atom. The Labute approximate surface area is 93.2 Å². The summed E-state index contributed by atoms with van der Waals surface area (Å²) in [5, 5.41) is 13.9. The third-order valence-corrected chi connectivity index (χ3v) is 3.13. The van der Waals surface area contributed by atoms with Gasteiger partial charge >= 0.3 is 0 Å². The Morgan fingerprint density at radius 3 is 2.60 bits per heavy atom. The Morgan fingerprint density at radius 2 is 2.07 bits per heavy atom. The van der Waals surface area contributed by atoms with Crippen molar-refractivity contribution in [2.24, 2.45) is 0 Å². The first kappa shape index (κ1) is 12.9. The molecule has 1 rings (SSSR count). The van der Waals surface area contributed by atoms with Crippen LogP contribution in [0.4, 0.5) is 0 Å². The molecule has 0 radical (unpaired) electrons. The molecule has 0 heterocycles. The molecular formula is C12H25NO2. The fourth-order valence-electron chi connectivity index (χ4n) is 2.15. The molecular weight excluding hydrogens is 190 g/mol. The van der Waals surface area contributed by atoms with Crippen molar-refractivity contribution in [3.63, 3.8) is 0 Å². The van der Waals surface area contributed by atoms with Crippen molar-refractivity contribution >= 4 is 0 Å². The van der Waals surface area contributed by atoms with E-state index in [9.17, 15) is 5.11 Å². The number of β-amino-alcohol motifs (C(OH)–C–C–N with tert-alkyl or cyclic N) is 1. The molecule has 0 bridgehead atoms. The van der Waals surface area contributed by atoms with Crippen LogP contribution < -0.4 is 5.32 Å². The molecule has 0 aromatic rings. The number of ether oxygens (including phenoxy) is 1. The number of nitrogens with one attached hydrogen (secondary N) is 1. The van der Waals surface area contributed by atoms with Gasteiger partial charge in [0.05, 0.1) is 6.10 Å². The lowest BCUT2D eigenvalue weighted by molar-refractivity contribution is -0.116. The third kappa shape index (κ3) is 3.74. The van der Waals surface area contributed by atoms with E-state index in [4.69, 9.17) is 4.74 Å². The molecule has 1 fully saturated rings. The SMILES string of the molecule is COC1CCCCC1(O)CNC(C)(C)C. The Hall–Kier alpha value is -0.120. The van der Waals surface area contributed by atoms with Crippen LogP contribution in [0.15, 0.2) is 0 Å². The quantitative estimate of drug-likeness (QED) is 0.753. The van der Waals surface area contributed by atoms with Gasteiger partial charge < -0.3 is 15.2 Å². The first-order chi connectivity index (χ1) is 6.87. The van der Waals surface area contributed by atoms with E-state index in [1.807, 2.05) is 0 Å². The summed E-state index contributed by atoms with van der Waals surface area (Å²) >= 11 is 0. The molecule has 3 heteroatoms. The highest BCUT2D eigenvalue weighted by molar-refractivity contribution is 4.94. The molecule has 1 aliphatic carbocycles. The van der Waals surface area contributed by atoms with E-state index in [0.29, 0.717) is 6.54 Å². The molecule has 2 unspecified atom stereocenters. The minimum Gasteiger partial charge on any atom is -0.386 e. The highest BCUT2D eigenvalue weighted by Crippen LogP contribution is 2.30. The van der Waals surface area contributed by atoms with E-state index in [2.05, 4.69) is 26.1 Å². The Bertz CT molecular complexity index is 200. The molecule has 0 spiro atoms. The van der Waals surface area contributed by atoms with Crippen molar-refractivity contribution in [1.82, 2.24) is 5.32 Å². The zero-order valence-corrected chi connectivity index (χ0v) is 10.5. The van der Waals surface area contributed by atoms with Crippen LogP contribution in [0, 0.1) is 0 Å². The van der Waals surface area contributed by atoms with Gasteiger partial charge in [-0.25, -0.2) is 0 Å². The molecule has 15 heavy (non-hydrogen) atoms. The summed E-state index contributed by atoms with van der Waals surface area (Å²) in [6.07, 6.45) is 4.06. The number of aliphatic hydroxyl groups is 1. The van der Waals surface area contributed by atoms with Crippen LogP contribution in [-0.4, -0.2) is 36.0 Å². The molecule has 2 N–H and O–H groups in total. The highest BCUT2D eigenvalue weighted by atomic mass is 16.5. The van der Waals surface area contributed by atoms with Crippen LogP contribution in [-0.2, 0) is 4.74 Å². The minimum atomic E-state index is -0.680. The summed E-state index contributed by atoms with van der Waals surface area (Å²) in [6.45, 7) is 6.96. The molecule has 0 saturated heterocycles. The molecule has 0 aromatic carbocycles. The average Bonchev–Trinajstić information content (AvgIpc) is 2.15. The van der Waals surface area contributed by atoms with E-state index in [1.54, 1.807) is 7.11 Å². The summed E-state index contributed by atoms with van der Waals surface area (Å²) in [4.78, 5) is 0. The van der Waals surface area contributed by atoms with Gasteiger partial charge in [-0.1, -0.05) is 12.8 Å². The van der Waals surface area contributed by atoms with Crippen molar-refractivity contribution in [1.29, 1.82) is 0 Å². The summed E-state index contributed by atoms with van der Waals surface area (Å²) in [5.74, 6) is 0. The molecule has 3 nitrogen and oxygen atoms in total. The summed E-state index contributed by atoms with van der Waals surface area (Å²) < 4.78 is 5.38. The third-order valence-electron chi connectivity index (χ3n) is 3.13. The second-order valence-electron chi connectivity index (χ2n) is 5.68. The number of hydrogen-bond acceptors (Lipinski definition) is 3. The zero-order valence-electron chi connectivity index (χ0n) is 10.5. The van der Waals surface area contributed by atoms with Gasteiger partial charge in [0, 0.05) is 19.2 Å². The van der Waals surface area contributed by atoms with Crippen LogP contribution in [0.2, 0.25) is 0 Å². The van der Waals surface area contributed by atoms with Gasteiger partial charge in [-0.3, -0.25) is 0 Å². The summed E-state index contributed by atoms with van der Waals surface area (Å²) in [7, 11) is 1.69. The van der Waals surface area contributed by atoms with Crippen LogP contribution in [0.25, 0.3) is 0 Å². The maximum atomic E-state index is 10.5. The van der Waals surface area contributed by atoms with Gasteiger partial charge in [0.15, 0.2) is 0 Å². The van der Waals surface area contributed by atoms with Crippen LogP contribution in [0.3, 0.4) is 0 Å². The smallest absolute Gasteiger partial charge is 0.103 e. The molecule has 1 saturated carbocycles. The molecule has 0 amide bonds. The standard InChI is InChI=1S/C12H25NO2/c1-11(2,3)13-9-12(14)8-6-5-7-10(12)15-4/h10,13-14H,5-9H2,1-4H3. The van der Waals surface area contributed by atoms with Crippen LogP contribution in [0.5, 0.6) is 0 Å². The average molecular weight is 215 g/mol. The maximum absolute atomic E-state index is 10.5. The van der Waals surface area contributed by atoms with Crippen LogP contribution >= 0.6 is 0 Å². The van der Waals surface area contributed by atoms with Crippen molar-refractivity contribution in [3.05, 3.63) is 0 Å². The lowest BCUT2D eigenvalue weighted by Crippen LogP contribution is -2.55. The highest BCUT2D eigenvalue weighted by Gasteiger charge is 2.39. The predicted octanol–water partition coefficient (Wildman–Crippen LogP) is 1.69. The molecule has 0 aromatic heterocycles. The largest absolute Gasteiger partial charge is 0.386 e. The minimum absolute atomic E-state index is 0.0129. The zero-order chi connectivity index (χ0) is 11.5. The van der Waals surface area contributed by atoms with Gasteiger partial charge in [0.2, 0.25) is 0 Å². The van der Waals surface area contributed by atoms with Gasteiger partial charge in [-0.2, -0.15) is 0 Å². The van der Waals surface area contributed by atoms with Crippen molar-refractivity contribution in [3.8, 4) is 0 Å². The number of methoxy groups -OCH3 is 1.